The number of nitrogens with one attached hydrogen (secondary N) is 1. The van der Waals surface area contributed by atoms with Gasteiger partial charge in [0.2, 0.25) is 0 Å². The number of carbonyl (C=O) groups is 1. The number of aromatic nitrogens is 1. The quantitative estimate of drug-likeness (QED) is 0.651. The topological polar surface area (TPSA) is 51.3 Å². The standard InChI is InChI=1S/C13H13NO3/c1-16-11-4-5-12-9(8-11)7-10(14-12)3-6-13(15)17-2/h3-8,14H,1-2H3/b6-3+. The molecule has 0 saturated carbocycles. The summed E-state index contributed by atoms with van der Waals surface area (Å²) in [5.74, 6) is 0.432. The molecule has 0 atom stereocenters. The van der Waals surface area contributed by atoms with E-state index in [4.69, 9.17) is 4.74 Å². The predicted molar refractivity (Wildman–Crippen MR) is 65.9 cm³/mol. The normalized spacial score (nSPS) is 10.9. The summed E-state index contributed by atoms with van der Waals surface area (Å²) in [6, 6.07) is 7.69. The van der Waals surface area contributed by atoms with Crippen molar-refractivity contribution in [2.24, 2.45) is 0 Å². The molecule has 88 valence electrons. The lowest BCUT2D eigenvalue weighted by molar-refractivity contribution is -0.134. The number of esters is 1. The highest BCUT2D eigenvalue weighted by Gasteiger charge is 2.00. The molecule has 0 radical (unpaired) electrons. The third kappa shape index (κ3) is 2.47. The van der Waals surface area contributed by atoms with Crippen LogP contribution in [0.5, 0.6) is 5.75 Å². The van der Waals surface area contributed by atoms with Crippen molar-refractivity contribution in [2.45, 2.75) is 0 Å². The molecule has 0 saturated heterocycles. The maximum Gasteiger partial charge on any atom is 0.330 e. The van der Waals surface area contributed by atoms with Crippen molar-refractivity contribution >= 4 is 22.9 Å². The van der Waals surface area contributed by atoms with Crippen LogP contribution >= 0.6 is 0 Å². The van der Waals surface area contributed by atoms with E-state index in [0.29, 0.717) is 0 Å². The van der Waals surface area contributed by atoms with Gasteiger partial charge in [0.05, 0.1) is 14.2 Å². The Morgan fingerprint density at radius 2 is 2.12 bits per heavy atom. The molecule has 0 aliphatic carbocycles. The lowest BCUT2D eigenvalue weighted by atomic mass is 10.2. The van der Waals surface area contributed by atoms with E-state index in [1.165, 1.54) is 13.2 Å². The maximum atomic E-state index is 11.0. The number of ether oxygens (including phenoxy) is 2. The van der Waals surface area contributed by atoms with Gasteiger partial charge in [0, 0.05) is 22.7 Å². The van der Waals surface area contributed by atoms with Gasteiger partial charge in [-0.3, -0.25) is 0 Å². The smallest absolute Gasteiger partial charge is 0.330 e. The van der Waals surface area contributed by atoms with Gasteiger partial charge >= 0.3 is 5.97 Å². The van der Waals surface area contributed by atoms with Crippen LogP contribution in [0.1, 0.15) is 5.69 Å². The summed E-state index contributed by atoms with van der Waals surface area (Å²) in [4.78, 5) is 14.1. The number of H-pyrrole nitrogens is 1. The molecule has 1 aromatic heterocycles. The SMILES string of the molecule is COC(=O)/C=C/c1cc2cc(OC)ccc2[nH]1. The van der Waals surface area contributed by atoms with Gasteiger partial charge in [0.1, 0.15) is 5.75 Å². The second-order valence-corrected chi connectivity index (χ2v) is 3.53. The van der Waals surface area contributed by atoms with E-state index in [0.717, 1.165) is 22.3 Å². The number of hydrogen-bond donors (Lipinski definition) is 1. The Hall–Kier alpha value is -2.23. The monoisotopic (exact) mass is 231 g/mol. The van der Waals surface area contributed by atoms with Crippen LogP contribution in [-0.2, 0) is 9.53 Å². The zero-order valence-electron chi connectivity index (χ0n) is 9.69. The fraction of sp³-hybridized carbons (Fsp3) is 0.154. The molecule has 0 bridgehead atoms. The van der Waals surface area contributed by atoms with Crippen LogP contribution in [-0.4, -0.2) is 25.2 Å². The summed E-state index contributed by atoms with van der Waals surface area (Å²) in [5, 5.41) is 1.04. The molecule has 2 aromatic rings. The molecular weight excluding hydrogens is 218 g/mol. The van der Waals surface area contributed by atoms with E-state index in [1.54, 1.807) is 13.2 Å². The minimum atomic E-state index is -0.374. The molecule has 4 heteroatoms. The Morgan fingerprint density at radius 1 is 1.29 bits per heavy atom. The van der Waals surface area contributed by atoms with Crippen molar-refractivity contribution in [1.82, 2.24) is 4.98 Å². The summed E-state index contributed by atoms with van der Waals surface area (Å²) >= 11 is 0. The average molecular weight is 231 g/mol. The zero-order valence-corrected chi connectivity index (χ0v) is 9.69. The molecule has 0 fully saturated rings. The van der Waals surface area contributed by atoms with E-state index in [-0.39, 0.29) is 5.97 Å². The number of methoxy groups -OCH3 is 2. The number of aromatic amines is 1. The van der Waals surface area contributed by atoms with Crippen LogP contribution < -0.4 is 4.74 Å². The van der Waals surface area contributed by atoms with Crippen LogP contribution in [0.4, 0.5) is 0 Å². The van der Waals surface area contributed by atoms with Crippen LogP contribution in [0.3, 0.4) is 0 Å². The molecule has 0 aliphatic heterocycles. The molecule has 1 aromatic carbocycles. The highest BCUT2D eigenvalue weighted by Crippen LogP contribution is 2.21. The van der Waals surface area contributed by atoms with Crippen LogP contribution in [0.2, 0.25) is 0 Å². The van der Waals surface area contributed by atoms with Crippen LogP contribution in [0, 0.1) is 0 Å². The maximum absolute atomic E-state index is 11.0. The van der Waals surface area contributed by atoms with Crippen molar-refractivity contribution in [2.75, 3.05) is 14.2 Å². The molecule has 2 rings (SSSR count). The fourth-order valence-corrected chi connectivity index (χ4v) is 1.58. The molecule has 17 heavy (non-hydrogen) atoms. The largest absolute Gasteiger partial charge is 0.497 e. The number of carbonyl (C=O) groups excluding carboxylic acids is 1. The van der Waals surface area contributed by atoms with Gasteiger partial charge in [-0.05, 0) is 30.3 Å². The van der Waals surface area contributed by atoms with Gasteiger partial charge in [0.25, 0.3) is 0 Å². The molecule has 0 unspecified atom stereocenters. The Kier molecular flexibility index (Phi) is 3.14. The Morgan fingerprint density at radius 3 is 2.82 bits per heavy atom. The van der Waals surface area contributed by atoms with E-state index in [9.17, 15) is 4.79 Å². The lowest BCUT2D eigenvalue weighted by Gasteiger charge is -1.97. The molecule has 0 aliphatic rings. The molecule has 0 spiro atoms. The van der Waals surface area contributed by atoms with E-state index >= 15 is 0 Å². The highest BCUT2D eigenvalue weighted by molar-refractivity contribution is 5.89. The predicted octanol–water partition coefficient (Wildman–Crippen LogP) is 2.36. The zero-order chi connectivity index (χ0) is 12.3. The Labute approximate surface area is 98.8 Å². The van der Waals surface area contributed by atoms with E-state index < -0.39 is 0 Å². The number of benzene rings is 1. The van der Waals surface area contributed by atoms with Crippen molar-refractivity contribution < 1.29 is 14.3 Å². The molecular formula is C13H13NO3. The van der Waals surface area contributed by atoms with Crippen LogP contribution in [0.15, 0.2) is 30.3 Å². The molecule has 1 heterocycles. The third-order valence-corrected chi connectivity index (χ3v) is 2.45. The second-order valence-electron chi connectivity index (χ2n) is 3.53. The number of fused-ring (bicyclic) bond motifs is 1. The van der Waals surface area contributed by atoms with E-state index in [1.807, 2.05) is 24.3 Å². The Bertz CT molecular complexity index is 569. The number of hydrogen-bond acceptors (Lipinski definition) is 3. The number of rotatable bonds is 3. The van der Waals surface area contributed by atoms with Crippen molar-refractivity contribution in [3.8, 4) is 5.75 Å². The second kappa shape index (κ2) is 4.74. The summed E-state index contributed by atoms with van der Waals surface area (Å²) in [7, 11) is 2.98. The fourth-order valence-electron chi connectivity index (χ4n) is 1.58. The van der Waals surface area contributed by atoms with Gasteiger partial charge < -0.3 is 14.5 Å². The summed E-state index contributed by atoms with van der Waals surface area (Å²) in [6.45, 7) is 0. The summed E-state index contributed by atoms with van der Waals surface area (Å²) in [5.41, 5.74) is 1.84. The first-order valence-electron chi connectivity index (χ1n) is 5.15. The average Bonchev–Trinajstić information content (AvgIpc) is 2.77. The first-order valence-corrected chi connectivity index (χ1v) is 5.15. The van der Waals surface area contributed by atoms with Gasteiger partial charge in [-0.25, -0.2) is 4.79 Å². The van der Waals surface area contributed by atoms with Crippen molar-refractivity contribution in [3.63, 3.8) is 0 Å². The molecule has 4 nitrogen and oxygen atoms in total. The summed E-state index contributed by atoms with van der Waals surface area (Å²) in [6.07, 6.45) is 3.06. The van der Waals surface area contributed by atoms with Crippen molar-refractivity contribution in [1.29, 1.82) is 0 Å². The van der Waals surface area contributed by atoms with Gasteiger partial charge in [0.15, 0.2) is 0 Å². The third-order valence-electron chi connectivity index (χ3n) is 2.45. The summed E-state index contributed by atoms with van der Waals surface area (Å²) < 4.78 is 9.66. The first-order chi connectivity index (χ1) is 8.22. The molecule has 1 N–H and O–H groups in total. The minimum Gasteiger partial charge on any atom is -0.497 e. The molecule has 0 amide bonds. The van der Waals surface area contributed by atoms with Crippen molar-refractivity contribution in [3.05, 3.63) is 36.0 Å². The van der Waals surface area contributed by atoms with Gasteiger partial charge in [-0.1, -0.05) is 0 Å². The highest BCUT2D eigenvalue weighted by atomic mass is 16.5. The minimum absolute atomic E-state index is 0.374. The van der Waals surface area contributed by atoms with E-state index in [2.05, 4.69) is 9.72 Å². The first kappa shape index (κ1) is 11.3. The van der Waals surface area contributed by atoms with Gasteiger partial charge in [-0.15, -0.1) is 0 Å². The lowest BCUT2D eigenvalue weighted by Crippen LogP contribution is -1.93. The van der Waals surface area contributed by atoms with Crippen LogP contribution in [0.25, 0.3) is 17.0 Å². The Balaban J connectivity index is 2.31. The van der Waals surface area contributed by atoms with Gasteiger partial charge in [-0.2, -0.15) is 0 Å².